The number of hydrogen-bond acceptors (Lipinski definition) is 9. The Bertz CT molecular complexity index is 1550. The number of aromatic nitrogens is 2. The second-order valence-corrected chi connectivity index (χ2v) is 10.2. The number of nitrogens with zero attached hydrogens (tertiary/aromatic N) is 4. The van der Waals surface area contributed by atoms with Crippen LogP contribution in [0.1, 0.15) is 23.6 Å². The van der Waals surface area contributed by atoms with Crippen LogP contribution in [0.2, 0.25) is 0 Å². The van der Waals surface area contributed by atoms with Gasteiger partial charge in [0.15, 0.2) is 5.13 Å². The van der Waals surface area contributed by atoms with E-state index in [0.717, 1.165) is 28.6 Å². The number of benzene rings is 2. The first-order valence-corrected chi connectivity index (χ1v) is 12.9. The van der Waals surface area contributed by atoms with Gasteiger partial charge in [0.05, 0.1) is 23.6 Å². The molecule has 3 N–H and O–H groups in total. The summed E-state index contributed by atoms with van der Waals surface area (Å²) in [5.74, 6) is 0.422. The summed E-state index contributed by atoms with van der Waals surface area (Å²) in [5, 5.41) is 24.5. The second kappa shape index (κ2) is 11.1. The van der Waals surface area contributed by atoms with Gasteiger partial charge in [0.25, 0.3) is 0 Å². The second-order valence-electron chi connectivity index (χ2n) is 8.04. The molecule has 2 heterocycles. The fourth-order valence-electron chi connectivity index (χ4n) is 3.57. The van der Waals surface area contributed by atoms with Crippen molar-refractivity contribution in [1.29, 1.82) is 10.5 Å². The van der Waals surface area contributed by atoms with Gasteiger partial charge in [-0.25, -0.2) is 9.97 Å². The smallest absolute Gasteiger partial charge is 0.239 e. The van der Waals surface area contributed by atoms with E-state index in [2.05, 4.69) is 27.4 Å². The number of pyridine rings is 1. The van der Waals surface area contributed by atoms with Gasteiger partial charge in [-0.05, 0) is 31.5 Å². The van der Waals surface area contributed by atoms with E-state index in [1.54, 1.807) is 14.0 Å². The van der Waals surface area contributed by atoms with Crippen molar-refractivity contribution in [3.63, 3.8) is 0 Å². The predicted octanol–water partition coefficient (Wildman–Crippen LogP) is 5.63. The van der Waals surface area contributed by atoms with Crippen molar-refractivity contribution in [2.75, 3.05) is 18.2 Å². The number of methoxy groups -OCH3 is 1. The number of anilines is 2. The van der Waals surface area contributed by atoms with E-state index in [4.69, 9.17) is 10.5 Å². The summed E-state index contributed by atoms with van der Waals surface area (Å²) in [6, 6.07) is 19.2. The molecule has 4 aromatic rings. The first-order chi connectivity index (χ1) is 17.8. The summed E-state index contributed by atoms with van der Waals surface area (Å²) in [5.41, 5.74) is 10.2. The summed E-state index contributed by atoms with van der Waals surface area (Å²) in [6.07, 6.45) is 0. The fourth-order valence-corrected chi connectivity index (χ4v) is 5.21. The minimum absolute atomic E-state index is 0.00929. The Morgan fingerprint density at radius 3 is 2.51 bits per heavy atom. The molecule has 0 spiro atoms. The minimum atomic E-state index is -0.623. The summed E-state index contributed by atoms with van der Waals surface area (Å²) in [7, 11) is 1.60. The van der Waals surface area contributed by atoms with Crippen LogP contribution in [0, 0.1) is 29.6 Å². The zero-order chi connectivity index (χ0) is 26.5. The molecule has 0 radical (unpaired) electrons. The number of hydrogen-bond donors (Lipinski definition) is 2. The maximum Gasteiger partial charge on any atom is 0.239 e. The van der Waals surface area contributed by atoms with Crippen molar-refractivity contribution >= 4 is 40.0 Å². The molecule has 184 valence electrons. The van der Waals surface area contributed by atoms with E-state index >= 15 is 0 Å². The average molecular weight is 527 g/mol. The third kappa shape index (κ3) is 5.56. The van der Waals surface area contributed by atoms with Gasteiger partial charge in [-0.3, -0.25) is 4.79 Å². The Morgan fingerprint density at radius 1 is 1.11 bits per heavy atom. The monoisotopic (exact) mass is 526 g/mol. The Balaban J connectivity index is 1.58. The van der Waals surface area contributed by atoms with E-state index in [-0.39, 0.29) is 27.9 Å². The number of aryl methyl sites for hydroxylation is 1. The molecule has 0 aliphatic rings. The molecular weight excluding hydrogens is 504 g/mol. The predicted molar refractivity (Wildman–Crippen MR) is 146 cm³/mol. The normalized spacial score (nSPS) is 11.3. The molecule has 0 aliphatic heterocycles. The van der Waals surface area contributed by atoms with Gasteiger partial charge in [0.1, 0.15) is 34.3 Å². The van der Waals surface area contributed by atoms with Crippen LogP contribution in [-0.4, -0.2) is 28.2 Å². The van der Waals surface area contributed by atoms with Crippen LogP contribution in [0.3, 0.4) is 0 Å². The maximum absolute atomic E-state index is 13.0. The molecule has 1 atom stereocenters. The van der Waals surface area contributed by atoms with Crippen LogP contribution in [0.15, 0.2) is 58.9 Å². The lowest BCUT2D eigenvalue weighted by Crippen LogP contribution is -2.22. The number of nitrogen functional groups attached to an aromatic ring is 1. The molecule has 0 fully saturated rings. The number of ether oxygens (including phenoxy) is 1. The maximum atomic E-state index is 13.0. The number of amides is 1. The van der Waals surface area contributed by atoms with E-state index in [9.17, 15) is 15.3 Å². The van der Waals surface area contributed by atoms with Gasteiger partial charge in [0, 0.05) is 16.5 Å². The summed E-state index contributed by atoms with van der Waals surface area (Å²) < 4.78 is 5.27. The zero-order valence-electron chi connectivity index (χ0n) is 20.3. The summed E-state index contributed by atoms with van der Waals surface area (Å²) in [6.45, 7) is 3.66. The fraction of sp³-hybridized carbons (Fsp3) is 0.148. The number of carbonyl (C=O) groups excluding carboxylic acids is 1. The lowest BCUT2D eigenvalue weighted by Gasteiger charge is -2.15. The third-order valence-corrected chi connectivity index (χ3v) is 7.36. The van der Waals surface area contributed by atoms with Crippen molar-refractivity contribution in [3.05, 3.63) is 70.6 Å². The van der Waals surface area contributed by atoms with Gasteiger partial charge in [-0.1, -0.05) is 53.7 Å². The highest BCUT2D eigenvalue weighted by Crippen LogP contribution is 2.37. The quantitative estimate of drug-likeness (QED) is 0.295. The van der Waals surface area contributed by atoms with Crippen molar-refractivity contribution in [2.45, 2.75) is 24.1 Å². The molecule has 4 rings (SSSR count). The van der Waals surface area contributed by atoms with Crippen LogP contribution < -0.4 is 15.8 Å². The molecular formula is C27H22N6O2S2. The van der Waals surface area contributed by atoms with Crippen molar-refractivity contribution in [1.82, 2.24) is 9.97 Å². The SMILES string of the molecule is COc1cccc(-c2csc(NC(=O)C(C)Sc3nc(N)c(C#N)c(-c4ccc(C)cc4)c3C#N)n2)c1. The molecule has 0 saturated heterocycles. The molecule has 2 aromatic heterocycles. The van der Waals surface area contributed by atoms with Crippen molar-refractivity contribution in [2.24, 2.45) is 0 Å². The van der Waals surface area contributed by atoms with Gasteiger partial charge in [-0.15, -0.1) is 11.3 Å². The number of nitrogens with two attached hydrogens (primary N) is 1. The number of nitrogens with one attached hydrogen (secondary N) is 1. The number of nitriles is 2. The average Bonchev–Trinajstić information content (AvgIpc) is 3.37. The molecule has 1 amide bonds. The highest BCUT2D eigenvalue weighted by Gasteiger charge is 2.24. The van der Waals surface area contributed by atoms with Crippen LogP contribution in [-0.2, 0) is 4.79 Å². The standard InChI is InChI=1S/C27H22N6O2S2/c1-15-7-9-17(10-8-15)23-20(12-28)24(30)32-26(21(23)13-29)37-16(2)25(34)33-27-31-22(14-36-27)18-5-4-6-19(11-18)35-3/h4-11,14,16H,1-3H3,(H2,30,32)(H,31,33,34). The van der Waals surface area contributed by atoms with E-state index in [1.165, 1.54) is 11.3 Å². The third-order valence-electron chi connectivity index (χ3n) is 5.51. The molecule has 0 bridgehead atoms. The van der Waals surface area contributed by atoms with E-state index in [0.29, 0.717) is 22.0 Å². The first kappa shape index (κ1) is 25.7. The highest BCUT2D eigenvalue weighted by atomic mass is 32.2. The van der Waals surface area contributed by atoms with Crippen molar-refractivity contribution in [3.8, 4) is 40.3 Å². The largest absolute Gasteiger partial charge is 0.497 e. The van der Waals surface area contributed by atoms with Gasteiger partial charge in [0.2, 0.25) is 5.91 Å². The topological polar surface area (TPSA) is 138 Å². The molecule has 0 saturated carbocycles. The van der Waals surface area contributed by atoms with Crippen LogP contribution >= 0.6 is 23.1 Å². The number of rotatable bonds is 7. The Labute approximate surface area is 222 Å². The highest BCUT2D eigenvalue weighted by molar-refractivity contribution is 8.00. The molecule has 0 aliphatic carbocycles. The Hall–Kier alpha value is -4.38. The van der Waals surface area contributed by atoms with Gasteiger partial charge in [-0.2, -0.15) is 10.5 Å². The van der Waals surface area contributed by atoms with Crippen LogP contribution in [0.5, 0.6) is 5.75 Å². The number of thioether (sulfide) groups is 1. The summed E-state index contributed by atoms with van der Waals surface area (Å²) >= 11 is 2.41. The lowest BCUT2D eigenvalue weighted by molar-refractivity contribution is -0.115. The van der Waals surface area contributed by atoms with E-state index in [1.807, 2.05) is 60.8 Å². The minimum Gasteiger partial charge on any atom is -0.497 e. The molecule has 37 heavy (non-hydrogen) atoms. The molecule has 1 unspecified atom stereocenters. The lowest BCUT2D eigenvalue weighted by atomic mass is 9.96. The Morgan fingerprint density at radius 2 is 1.84 bits per heavy atom. The zero-order valence-corrected chi connectivity index (χ0v) is 21.9. The Kier molecular flexibility index (Phi) is 7.73. The van der Waals surface area contributed by atoms with E-state index < -0.39 is 5.25 Å². The number of thiazole rings is 1. The molecule has 10 heteroatoms. The summed E-state index contributed by atoms with van der Waals surface area (Å²) in [4.78, 5) is 21.8. The van der Waals surface area contributed by atoms with Crippen LogP contribution in [0.25, 0.3) is 22.4 Å². The molecule has 8 nitrogen and oxygen atoms in total. The van der Waals surface area contributed by atoms with Crippen molar-refractivity contribution < 1.29 is 9.53 Å². The first-order valence-electron chi connectivity index (χ1n) is 11.1. The molecule has 2 aromatic carbocycles. The van der Waals surface area contributed by atoms with Crippen LogP contribution in [0.4, 0.5) is 10.9 Å². The van der Waals surface area contributed by atoms with Gasteiger partial charge < -0.3 is 15.8 Å². The van der Waals surface area contributed by atoms with Gasteiger partial charge >= 0.3 is 0 Å². The number of carbonyl (C=O) groups is 1.